The highest BCUT2D eigenvalue weighted by Crippen LogP contribution is 2.49. The van der Waals surface area contributed by atoms with E-state index in [9.17, 15) is 20.3 Å². The Morgan fingerprint density at radius 1 is 0.724 bits per heavy atom. The third-order valence-corrected chi connectivity index (χ3v) is 11.2. The van der Waals surface area contributed by atoms with Gasteiger partial charge in [-0.1, -0.05) is 124 Å². The molecule has 58 heavy (non-hydrogen) atoms. The van der Waals surface area contributed by atoms with Crippen molar-refractivity contribution in [3.05, 3.63) is 89.9 Å². The number of nitrogens with zero attached hydrogens (tertiary/aromatic N) is 2. The zero-order chi connectivity index (χ0) is 44.2. The van der Waals surface area contributed by atoms with E-state index in [1.165, 1.54) is 18.3 Å². The molecular weight excluding hydrogens is 792 g/mol. The van der Waals surface area contributed by atoms with E-state index >= 15 is 0 Å². The highest BCUT2D eigenvalue weighted by atomic mass is 79.9. The highest BCUT2D eigenvalue weighted by Gasteiger charge is 2.45. The van der Waals surface area contributed by atoms with E-state index in [1.54, 1.807) is 0 Å². The minimum atomic E-state index is -1.74. The van der Waals surface area contributed by atoms with Crippen molar-refractivity contribution in [2.45, 2.75) is 176 Å². The Morgan fingerprint density at radius 2 is 1.10 bits per heavy atom. The van der Waals surface area contributed by atoms with E-state index in [1.807, 2.05) is 0 Å². The van der Waals surface area contributed by atoms with Gasteiger partial charge in [-0.25, -0.2) is 0 Å². The average molecular weight is 866 g/mol. The molecule has 0 bridgehead atoms. The first kappa shape index (κ1) is 48.9. The molecule has 1 atom stereocenters. The largest absolute Gasteiger partial charge is 0.506 e. The van der Waals surface area contributed by atoms with Crippen LogP contribution in [0.1, 0.15) is 182 Å². The maximum Gasteiger partial charge on any atom is 0.271 e. The molecule has 0 spiro atoms. The Kier molecular flexibility index (Phi) is 15.9. The fourth-order valence-electron chi connectivity index (χ4n) is 7.19. The summed E-state index contributed by atoms with van der Waals surface area (Å²) >= 11 is 3.30. The van der Waals surface area contributed by atoms with Gasteiger partial charge in [0.1, 0.15) is 22.8 Å². The number of nitro groups is 1. The molecule has 0 saturated heterocycles. The predicted octanol–water partition coefficient (Wildman–Crippen LogP) is 13.4. The summed E-state index contributed by atoms with van der Waals surface area (Å²) in [5.74, 6) is 1.61. The van der Waals surface area contributed by atoms with E-state index in [2.05, 4.69) is 151 Å². The standard InChI is InChI=1S/C49H73BrN2O6/c1-17-19-21-57-43-36(45(5,6)7)25-33(26-37(43)46(8,9)10)49(54,41(23-31(3)4)51-30-32-24-35(52(55)56)29-40(50)42(32)53)34-27-38(47(11,12)13)44(58-22-20-18-2)39(28-34)48(14,15)16/h24-31,41,53-54H,17-23H2,1-16H3. The number of hydrogen-bond acceptors (Lipinski definition) is 7. The summed E-state index contributed by atoms with van der Waals surface area (Å²) < 4.78 is 13.6. The Balaban J connectivity index is 2.70. The summed E-state index contributed by atoms with van der Waals surface area (Å²) in [5, 5.41) is 37.2. The van der Waals surface area contributed by atoms with Gasteiger partial charge in [0.05, 0.1) is 28.7 Å². The van der Waals surface area contributed by atoms with Crippen molar-refractivity contribution >= 4 is 27.8 Å². The van der Waals surface area contributed by atoms with Crippen LogP contribution in [-0.4, -0.2) is 40.6 Å². The van der Waals surface area contributed by atoms with Crippen LogP contribution in [0.3, 0.4) is 0 Å². The van der Waals surface area contributed by atoms with Crippen LogP contribution in [0.5, 0.6) is 17.2 Å². The van der Waals surface area contributed by atoms with Gasteiger partial charge < -0.3 is 19.7 Å². The predicted molar refractivity (Wildman–Crippen MR) is 245 cm³/mol. The first-order chi connectivity index (χ1) is 26.6. The molecule has 0 aromatic heterocycles. The third-order valence-electron chi connectivity index (χ3n) is 10.6. The molecule has 0 heterocycles. The number of non-ortho nitro benzene ring substituents is 1. The lowest BCUT2D eigenvalue weighted by atomic mass is 9.69. The fourth-order valence-corrected chi connectivity index (χ4v) is 7.65. The maximum atomic E-state index is 14.2. The van der Waals surface area contributed by atoms with E-state index in [0.717, 1.165) is 59.4 Å². The summed E-state index contributed by atoms with van der Waals surface area (Å²) in [7, 11) is 0. The Labute approximate surface area is 358 Å². The molecule has 3 rings (SSSR count). The molecule has 0 amide bonds. The summed E-state index contributed by atoms with van der Waals surface area (Å²) in [6.07, 6.45) is 5.77. The fraction of sp³-hybridized carbons (Fsp3) is 0.612. The summed E-state index contributed by atoms with van der Waals surface area (Å²) in [6, 6.07) is 10.2. The molecule has 9 heteroatoms. The number of benzene rings is 3. The Bertz CT molecular complexity index is 1760. The van der Waals surface area contributed by atoms with E-state index in [-0.39, 0.29) is 49.1 Å². The van der Waals surface area contributed by atoms with Gasteiger partial charge in [-0.3, -0.25) is 15.1 Å². The molecule has 0 radical (unpaired) electrons. The lowest BCUT2D eigenvalue weighted by Crippen LogP contribution is -2.42. The van der Waals surface area contributed by atoms with E-state index < -0.39 is 16.6 Å². The van der Waals surface area contributed by atoms with Gasteiger partial charge >= 0.3 is 0 Å². The molecule has 0 saturated carbocycles. The van der Waals surface area contributed by atoms with Crippen molar-refractivity contribution in [2.24, 2.45) is 10.9 Å². The van der Waals surface area contributed by atoms with Crippen molar-refractivity contribution < 1.29 is 24.6 Å². The van der Waals surface area contributed by atoms with Gasteiger partial charge in [-0.15, -0.1) is 0 Å². The molecule has 0 fully saturated rings. The minimum Gasteiger partial charge on any atom is -0.506 e. The van der Waals surface area contributed by atoms with Crippen LogP contribution in [0.2, 0.25) is 0 Å². The number of halogens is 1. The molecular formula is C49H73BrN2O6. The molecule has 2 N–H and O–H groups in total. The van der Waals surface area contributed by atoms with Crippen molar-refractivity contribution in [1.29, 1.82) is 0 Å². The molecule has 1 unspecified atom stereocenters. The van der Waals surface area contributed by atoms with Gasteiger partial charge in [-0.2, -0.15) is 0 Å². The zero-order valence-corrected chi connectivity index (χ0v) is 40.0. The second-order valence-electron chi connectivity index (χ2n) is 20.5. The van der Waals surface area contributed by atoms with Crippen molar-refractivity contribution in [3.8, 4) is 17.2 Å². The summed E-state index contributed by atoms with van der Waals surface area (Å²) in [5.41, 5.74) is 2.12. The summed E-state index contributed by atoms with van der Waals surface area (Å²) in [6.45, 7) is 35.8. The second kappa shape index (κ2) is 18.9. The Hall–Kier alpha value is -3.43. The van der Waals surface area contributed by atoms with Gasteiger partial charge in [-0.05, 0) is 98.2 Å². The molecule has 322 valence electrons. The number of aliphatic imine (C=N–C) groups is 1. The van der Waals surface area contributed by atoms with Crippen LogP contribution in [0.25, 0.3) is 0 Å². The quantitative estimate of drug-likeness (QED) is 0.0641. The number of phenolic OH excluding ortho intramolecular Hbond substituents is 1. The molecule has 0 aliphatic heterocycles. The number of ether oxygens (including phenoxy) is 2. The maximum absolute atomic E-state index is 14.2. The van der Waals surface area contributed by atoms with Crippen LogP contribution in [0.15, 0.2) is 45.9 Å². The van der Waals surface area contributed by atoms with Gasteiger partial charge in [0.15, 0.2) is 0 Å². The number of phenols is 1. The van der Waals surface area contributed by atoms with Gasteiger partial charge in [0.2, 0.25) is 0 Å². The van der Waals surface area contributed by atoms with Crippen molar-refractivity contribution in [2.75, 3.05) is 13.2 Å². The van der Waals surface area contributed by atoms with Crippen molar-refractivity contribution in [3.63, 3.8) is 0 Å². The lowest BCUT2D eigenvalue weighted by molar-refractivity contribution is -0.385. The zero-order valence-electron chi connectivity index (χ0n) is 38.4. The monoisotopic (exact) mass is 864 g/mol. The highest BCUT2D eigenvalue weighted by molar-refractivity contribution is 9.10. The number of aromatic hydroxyl groups is 1. The number of rotatable bonds is 16. The molecule has 8 nitrogen and oxygen atoms in total. The first-order valence-electron chi connectivity index (χ1n) is 21.2. The number of nitro benzene ring substituents is 1. The van der Waals surface area contributed by atoms with Crippen LogP contribution in [-0.2, 0) is 27.3 Å². The number of aliphatic hydroxyl groups is 1. The van der Waals surface area contributed by atoms with Crippen LogP contribution in [0, 0.1) is 16.0 Å². The normalized spacial score (nSPS) is 13.7. The molecule has 0 aliphatic rings. The van der Waals surface area contributed by atoms with E-state index in [4.69, 9.17) is 14.5 Å². The van der Waals surface area contributed by atoms with Crippen molar-refractivity contribution in [1.82, 2.24) is 0 Å². The average Bonchev–Trinajstić information content (AvgIpc) is 3.09. The van der Waals surface area contributed by atoms with Crippen LogP contribution in [0.4, 0.5) is 5.69 Å². The molecule has 0 aliphatic carbocycles. The smallest absolute Gasteiger partial charge is 0.271 e. The first-order valence-corrected chi connectivity index (χ1v) is 21.9. The summed E-state index contributed by atoms with van der Waals surface area (Å²) in [4.78, 5) is 16.6. The van der Waals surface area contributed by atoms with Gasteiger partial charge in [0, 0.05) is 46.2 Å². The topological polar surface area (TPSA) is 114 Å². The number of hydrogen-bond donors (Lipinski definition) is 2. The molecule has 3 aromatic carbocycles. The molecule has 3 aromatic rings. The van der Waals surface area contributed by atoms with E-state index in [0.29, 0.717) is 30.8 Å². The second-order valence-corrected chi connectivity index (χ2v) is 21.4. The number of unbranched alkanes of at least 4 members (excludes halogenated alkanes) is 2. The van der Waals surface area contributed by atoms with Gasteiger partial charge in [0.25, 0.3) is 5.69 Å². The third kappa shape index (κ3) is 11.6. The minimum absolute atomic E-state index is 0.0840. The van der Waals surface area contributed by atoms with Crippen LogP contribution >= 0.6 is 15.9 Å². The Morgan fingerprint density at radius 3 is 1.41 bits per heavy atom. The van der Waals surface area contributed by atoms with Crippen LogP contribution < -0.4 is 9.47 Å². The SMILES string of the molecule is CCCCOc1c(C(C)(C)C)cc(C(O)(c2cc(C(C)(C)C)c(OCCCC)c(C(C)(C)C)c2)C(CC(C)C)N=Cc2cc([N+](=O)[O-])cc(Br)c2O)cc1C(C)(C)C. The lowest BCUT2D eigenvalue weighted by Gasteiger charge is -2.41.